The van der Waals surface area contributed by atoms with E-state index in [1.54, 1.807) is 0 Å². The van der Waals surface area contributed by atoms with E-state index in [0.717, 1.165) is 16.1 Å². The first-order valence-corrected chi connectivity index (χ1v) is 8.70. The van der Waals surface area contributed by atoms with Crippen molar-refractivity contribution < 1.29 is 10.1 Å². The molecule has 0 aliphatic carbocycles. The van der Waals surface area contributed by atoms with Crippen molar-refractivity contribution >= 4 is 17.5 Å². The van der Waals surface area contributed by atoms with E-state index in [4.69, 9.17) is 11.6 Å². The van der Waals surface area contributed by atoms with E-state index in [-0.39, 0.29) is 18.0 Å². The summed E-state index contributed by atoms with van der Waals surface area (Å²) in [5.74, 6) is 0.0431. The minimum atomic E-state index is 0.0102. The second-order valence-corrected chi connectivity index (χ2v) is 6.85. The number of rotatable bonds is 6. The van der Waals surface area contributed by atoms with Gasteiger partial charge >= 0.3 is 0 Å². The van der Waals surface area contributed by atoms with Crippen LogP contribution < -0.4 is 10.6 Å². The average Bonchev–Trinajstić information content (AvgIpc) is 2.55. The van der Waals surface area contributed by atoms with Gasteiger partial charge in [-0.2, -0.15) is 0 Å². The normalized spacial score (nSPS) is 13.4. The van der Waals surface area contributed by atoms with Gasteiger partial charge in [-0.15, -0.1) is 0 Å². The zero-order chi connectivity index (χ0) is 17.7. The van der Waals surface area contributed by atoms with Gasteiger partial charge in [0.25, 0.3) is 5.91 Å². The fraction of sp³-hybridized carbons (Fsp3) is 0.350. The molecular weight excluding hydrogens is 320 g/mol. The quantitative estimate of drug-likeness (QED) is 0.827. The van der Waals surface area contributed by atoms with Crippen molar-refractivity contribution in [1.82, 2.24) is 5.32 Å². The monoisotopic (exact) mass is 345 g/mol. The molecule has 3 N–H and O–H groups in total. The Morgan fingerprint density at radius 1 is 1.04 bits per heavy atom. The number of amides is 1. The molecule has 0 aliphatic heterocycles. The van der Waals surface area contributed by atoms with Gasteiger partial charge in [-0.1, -0.05) is 41.9 Å². The highest BCUT2D eigenvalue weighted by atomic mass is 35.5. The lowest BCUT2D eigenvalue weighted by atomic mass is 10.0. The molecule has 2 aromatic rings. The molecule has 1 amide bonds. The minimum absolute atomic E-state index is 0.0102. The molecule has 0 saturated carbocycles. The molecule has 2 atom stereocenters. The van der Waals surface area contributed by atoms with E-state index in [0.29, 0.717) is 6.54 Å². The lowest BCUT2D eigenvalue weighted by Gasteiger charge is -2.16. The van der Waals surface area contributed by atoms with Crippen LogP contribution in [-0.2, 0) is 4.79 Å². The van der Waals surface area contributed by atoms with Crippen molar-refractivity contribution in [3.8, 4) is 0 Å². The molecule has 2 aromatic carbocycles. The van der Waals surface area contributed by atoms with Crippen LogP contribution in [0.2, 0.25) is 5.02 Å². The maximum Gasteiger partial charge on any atom is 0.275 e. The Balaban J connectivity index is 1.86. The van der Waals surface area contributed by atoms with E-state index in [2.05, 4.69) is 44.3 Å². The molecule has 0 radical (unpaired) electrons. The number of hydrogen-bond donors (Lipinski definition) is 2. The molecule has 0 unspecified atom stereocenters. The van der Waals surface area contributed by atoms with Crippen LogP contribution in [0.4, 0.5) is 0 Å². The van der Waals surface area contributed by atoms with E-state index in [1.807, 2.05) is 36.5 Å². The van der Waals surface area contributed by atoms with Crippen molar-refractivity contribution in [1.29, 1.82) is 0 Å². The molecule has 128 valence electrons. The third kappa shape index (κ3) is 5.08. The van der Waals surface area contributed by atoms with Crippen molar-refractivity contribution in [2.24, 2.45) is 0 Å². The summed E-state index contributed by atoms with van der Waals surface area (Å²) in [6, 6.07) is 14.3. The summed E-state index contributed by atoms with van der Waals surface area (Å²) in [6.07, 6.45) is 0. The lowest BCUT2D eigenvalue weighted by molar-refractivity contribution is -0.682. The van der Waals surface area contributed by atoms with Gasteiger partial charge in [-0.25, -0.2) is 0 Å². The van der Waals surface area contributed by atoms with Gasteiger partial charge < -0.3 is 10.6 Å². The highest BCUT2D eigenvalue weighted by Gasteiger charge is 2.14. The van der Waals surface area contributed by atoms with Gasteiger partial charge in [0, 0.05) is 10.6 Å². The lowest BCUT2D eigenvalue weighted by Crippen LogP contribution is -2.87. The molecule has 4 heteroatoms. The number of benzene rings is 2. The first kappa shape index (κ1) is 18.5. The summed E-state index contributed by atoms with van der Waals surface area (Å²) in [5, 5.41) is 5.83. The van der Waals surface area contributed by atoms with Crippen LogP contribution in [0.25, 0.3) is 0 Å². The Labute approximate surface area is 149 Å². The third-order valence-electron chi connectivity index (χ3n) is 4.46. The summed E-state index contributed by atoms with van der Waals surface area (Å²) in [7, 11) is 0. The van der Waals surface area contributed by atoms with Crippen LogP contribution in [0.3, 0.4) is 0 Å². The summed E-state index contributed by atoms with van der Waals surface area (Å²) in [5.41, 5.74) is 4.81. The standard InChI is InChI=1S/C20H25ClN2O/c1-13-5-6-18(11-14(13)2)16(4)23-20(24)12-22-15(3)17-7-9-19(21)10-8-17/h5-11,15-16,22H,12H2,1-4H3,(H,23,24)/p+1/t15-,16+/m0/s1. The molecule has 0 saturated heterocycles. The minimum Gasteiger partial charge on any atom is -0.345 e. The molecule has 0 fully saturated rings. The van der Waals surface area contributed by atoms with E-state index >= 15 is 0 Å². The predicted octanol–water partition coefficient (Wildman–Crippen LogP) is 3.46. The van der Waals surface area contributed by atoms with Crippen LogP contribution in [0.5, 0.6) is 0 Å². The molecule has 2 rings (SSSR count). The highest BCUT2D eigenvalue weighted by Crippen LogP contribution is 2.16. The molecule has 3 nitrogen and oxygen atoms in total. The van der Waals surface area contributed by atoms with Crippen LogP contribution in [0, 0.1) is 13.8 Å². The van der Waals surface area contributed by atoms with Gasteiger partial charge in [0.15, 0.2) is 6.54 Å². The fourth-order valence-electron chi connectivity index (χ4n) is 2.60. The van der Waals surface area contributed by atoms with Gasteiger partial charge in [0.1, 0.15) is 6.04 Å². The highest BCUT2D eigenvalue weighted by molar-refractivity contribution is 6.30. The zero-order valence-electron chi connectivity index (χ0n) is 14.8. The topological polar surface area (TPSA) is 45.7 Å². The summed E-state index contributed by atoms with van der Waals surface area (Å²) < 4.78 is 0. The van der Waals surface area contributed by atoms with Gasteiger partial charge in [0.2, 0.25) is 0 Å². The van der Waals surface area contributed by atoms with Gasteiger partial charge in [0.05, 0.1) is 6.04 Å². The maximum absolute atomic E-state index is 12.2. The Morgan fingerprint density at radius 2 is 1.67 bits per heavy atom. The van der Waals surface area contributed by atoms with Crippen molar-refractivity contribution in [3.05, 3.63) is 69.7 Å². The number of hydrogen-bond acceptors (Lipinski definition) is 1. The van der Waals surface area contributed by atoms with Crippen LogP contribution in [0.15, 0.2) is 42.5 Å². The second kappa shape index (κ2) is 8.32. The van der Waals surface area contributed by atoms with Crippen molar-refractivity contribution in [2.75, 3.05) is 6.54 Å². The van der Waals surface area contributed by atoms with Crippen molar-refractivity contribution in [2.45, 2.75) is 39.8 Å². The smallest absolute Gasteiger partial charge is 0.275 e. The zero-order valence-corrected chi connectivity index (χ0v) is 15.5. The maximum atomic E-state index is 12.2. The number of carbonyl (C=O) groups is 1. The SMILES string of the molecule is Cc1ccc([C@@H](C)NC(=O)C[NH2+][C@@H](C)c2ccc(Cl)cc2)cc1C. The van der Waals surface area contributed by atoms with Gasteiger partial charge in [-0.3, -0.25) is 4.79 Å². The molecule has 0 spiro atoms. The first-order valence-electron chi connectivity index (χ1n) is 8.32. The van der Waals surface area contributed by atoms with Crippen LogP contribution in [-0.4, -0.2) is 12.5 Å². The summed E-state index contributed by atoms with van der Waals surface area (Å²) in [4.78, 5) is 12.2. The number of halogens is 1. The molecule has 0 aliphatic rings. The number of nitrogens with one attached hydrogen (secondary N) is 1. The van der Waals surface area contributed by atoms with E-state index in [9.17, 15) is 4.79 Å². The van der Waals surface area contributed by atoms with Crippen LogP contribution >= 0.6 is 11.6 Å². The largest absolute Gasteiger partial charge is 0.345 e. The second-order valence-electron chi connectivity index (χ2n) is 6.41. The summed E-state index contributed by atoms with van der Waals surface area (Å²) in [6.45, 7) is 8.69. The predicted molar refractivity (Wildman–Crippen MR) is 99.1 cm³/mol. The number of nitrogens with two attached hydrogens (primary N) is 1. The average molecular weight is 346 g/mol. The third-order valence-corrected chi connectivity index (χ3v) is 4.71. The fourth-order valence-corrected chi connectivity index (χ4v) is 2.73. The van der Waals surface area contributed by atoms with Gasteiger partial charge in [-0.05, 0) is 56.5 Å². The Hall–Kier alpha value is -1.84. The Bertz CT molecular complexity index is 697. The number of quaternary nitrogens is 1. The summed E-state index contributed by atoms with van der Waals surface area (Å²) >= 11 is 5.91. The molecule has 24 heavy (non-hydrogen) atoms. The molecular formula is C20H26ClN2O+. The number of aryl methyl sites for hydroxylation is 2. The van der Waals surface area contributed by atoms with E-state index in [1.165, 1.54) is 11.1 Å². The van der Waals surface area contributed by atoms with E-state index < -0.39 is 0 Å². The van der Waals surface area contributed by atoms with Crippen LogP contribution in [0.1, 0.15) is 48.2 Å². The first-order chi connectivity index (χ1) is 11.4. The van der Waals surface area contributed by atoms with Crippen molar-refractivity contribution in [3.63, 3.8) is 0 Å². The molecule has 0 bridgehead atoms. The Kier molecular flexibility index (Phi) is 6.41. The molecule has 0 heterocycles. The number of carbonyl (C=O) groups excluding carboxylic acids is 1. The Morgan fingerprint density at radius 3 is 2.29 bits per heavy atom. The molecule has 0 aromatic heterocycles.